The van der Waals surface area contributed by atoms with Crippen LogP contribution in [0.2, 0.25) is 0 Å². The third-order valence-electron chi connectivity index (χ3n) is 3.67. The van der Waals surface area contributed by atoms with Crippen LogP contribution in [0.1, 0.15) is 12.8 Å². The second-order valence-electron chi connectivity index (χ2n) is 5.41. The van der Waals surface area contributed by atoms with Gasteiger partial charge in [0, 0.05) is 13.2 Å². The second kappa shape index (κ2) is 7.32. The molecule has 0 radical (unpaired) electrons. The van der Waals surface area contributed by atoms with E-state index in [4.69, 9.17) is 18.9 Å². The number of hydrogen-bond acceptors (Lipinski definition) is 6. The molecule has 1 fully saturated rings. The van der Waals surface area contributed by atoms with E-state index in [1.54, 1.807) is 18.2 Å². The number of para-hydroxylation sites is 2. The minimum Gasteiger partial charge on any atom is -0.485 e. The Bertz CT molecular complexity index is 569. The van der Waals surface area contributed by atoms with Crippen LogP contribution in [0.25, 0.3) is 0 Å². The molecular weight excluding hydrogens is 302 g/mol. The first kappa shape index (κ1) is 15.6. The van der Waals surface area contributed by atoms with Crippen molar-refractivity contribution in [2.24, 2.45) is 0 Å². The molecule has 2 aliphatic rings. The van der Waals surface area contributed by atoms with E-state index in [1.807, 2.05) is 6.07 Å². The third kappa shape index (κ3) is 4.13. The first-order valence-corrected chi connectivity index (χ1v) is 7.66. The molecule has 2 aliphatic heterocycles. The van der Waals surface area contributed by atoms with E-state index < -0.39 is 12.1 Å². The second-order valence-corrected chi connectivity index (χ2v) is 5.41. The molecular formula is C16H19NO6. The summed E-state index contributed by atoms with van der Waals surface area (Å²) < 4.78 is 21.3. The maximum Gasteiger partial charge on any atom is 0.351 e. The Labute approximate surface area is 133 Å². The van der Waals surface area contributed by atoms with Gasteiger partial charge in [-0.1, -0.05) is 12.1 Å². The quantitative estimate of drug-likeness (QED) is 0.803. The van der Waals surface area contributed by atoms with Crippen LogP contribution in [0.5, 0.6) is 11.5 Å². The number of rotatable bonds is 5. The smallest absolute Gasteiger partial charge is 0.351 e. The van der Waals surface area contributed by atoms with Crippen molar-refractivity contribution in [2.75, 3.05) is 26.4 Å². The van der Waals surface area contributed by atoms with Gasteiger partial charge < -0.3 is 24.3 Å². The van der Waals surface area contributed by atoms with E-state index in [0.29, 0.717) is 18.0 Å². The van der Waals surface area contributed by atoms with Crippen LogP contribution in [-0.4, -0.2) is 50.4 Å². The van der Waals surface area contributed by atoms with E-state index >= 15 is 0 Å². The molecule has 1 N–H and O–H groups in total. The molecule has 23 heavy (non-hydrogen) atoms. The summed E-state index contributed by atoms with van der Waals surface area (Å²) in [6.07, 6.45) is 1.14. The fourth-order valence-corrected chi connectivity index (χ4v) is 2.45. The molecule has 1 aromatic carbocycles. The zero-order valence-electron chi connectivity index (χ0n) is 12.7. The zero-order chi connectivity index (χ0) is 16.1. The van der Waals surface area contributed by atoms with Gasteiger partial charge in [0.25, 0.3) is 5.91 Å². The number of hydrogen-bond donors (Lipinski definition) is 1. The van der Waals surface area contributed by atoms with E-state index in [0.717, 1.165) is 19.4 Å². The number of carbonyl (C=O) groups excluding carboxylic acids is 2. The van der Waals surface area contributed by atoms with Crippen molar-refractivity contribution in [3.63, 3.8) is 0 Å². The molecule has 2 heterocycles. The number of benzene rings is 1. The van der Waals surface area contributed by atoms with E-state index in [1.165, 1.54) is 0 Å². The summed E-state index contributed by atoms with van der Waals surface area (Å²) in [5, 5.41) is 2.69. The summed E-state index contributed by atoms with van der Waals surface area (Å²) >= 11 is 0. The Morgan fingerprint density at radius 2 is 2.09 bits per heavy atom. The van der Waals surface area contributed by atoms with Crippen LogP contribution in [0.3, 0.4) is 0 Å². The number of nitrogens with one attached hydrogen (secondary N) is 1. The summed E-state index contributed by atoms with van der Waals surface area (Å²) in [6, 6.07) is 7.08. The first-order valence-electron chi connectivity index (χ1n) is 7.66. The average Bonchev–Trinajstić information content (AvgIpc) is 3.11. The lowest BCUT2D eigenvalue weighted by Crippen LogP contribution is -2.40. The van der Waals surface area contributed by atoms with Crippen molar-refractivity contribution >= 4 is 11.9 Å². The van der Waals surface area contributed by atoms with Gasteiger partial charge in [-0.3, -0.25) is 4.79 Å². The minimum absolute atomic E-state index is 0.0567. The van der Waals surface area contributed by atoms with Gasteiger partial charge in [0.05, 0.1) is 6.10 Å². The summed E-state index contributed by atoms with van der Waals surface area (Å²) in [4.78, 5) is 23.6. The SMILES string of the molecule is O=C(COC(=O)[C@H]1COc2ccccc2O1)NC[C@@H]1CCCO1. The number of fused-ring (bicyclic) bond motifs is 1. The molecule has 0 aliphatic carbocycles. The zero-order valence-corrected chi connectivity index (χ0v) is 12.7. The molecule has 7 nitrogen and oxygen atoms in total. The van der Waals surface area contributed by atoms with Crippen LogP contribution in [-0.2, 0) is 19.1 Å². The van der Waals surface area contributed by atoms with Gasteiger partial charge in [-0.2, -0.15) is 0 Å². The highest BCUT2D eigenvalue weighted by molar-refractivity contribution is 5.82. The van der Waals surface area contributed by atoms with Crippen LogP contribution < -0.4 is 14.8 Å². The monoisotopic (exact) mass is 321 g/mol. The van der Waals surface area contributed by atoms with Crippen molar-refractivity contribution in [1.29, 1.82) is 0 Å². The highest BCUT2D eigenvalue weighted by atomic mass is 16.6. The number of amides is 1. The summed E-state index contributed by atoms with van der Waals surface area (Å²) in [5.74, 6) is 0.104. The standard InChI is InChI=1S/C16H19NO6/c18-15(17-8-11-4-3-7-20-11)10-22-16(19)14-9-21-12-5-1-2-6-13(12)23-14/h1-2,5-6,11,14H,3-4,7-10H2,(H,17,18)/t11-,14+/m0/s1. The van der Waals surface area contributed by atoms with Crippen LogP contribution in [0, 0.1) is 0 Å². The predicted octanol–water partition coefficient (Wildman–Crippen LogP) is 0.665. The molecule has 7 heteroatoms. The van der Waals surface area contributed by atoms with Crippen LogP contribution >= 0.6 is 0 Å². The van der Waals surface area contributed by atoms with Gasteiger partial charge in [0.2, 0.25) is 6.10 Å². The van der Waals surface area contributed by atoms with Gasteiger partial charge >= 0.3 is 5.97 Å². The summed E-state index contributed by atoms with van der Waals surface area (Å²) in [5.41, 5.74) is 0. The van der Waals surface area contributed by atoms with Gasteiger partial charge in [-0.15, -0.1) is 0 Å². The maximum absolute atomic E-state index is 11.9. The lowest BCUT2D eigenvalue weighted by atomic mass is 10.2. The largest absolute Gasteiger partial charge is 0.485 e. The molecule has 1 amide bonds. The molecule has 1 aromatic rings. The van der Waals surface area contributed by atoms with Crippen LogP contribution in [0.4, 0.5) is 0 Å². The van der Waals surface area contributed by atoms with Gasteiger partial charge in [0.1, 0.15) is 6.61 Å². The van der Waals surface area contributed by atoms with E-state index in [9.17, 15) is 9.59 Å². The Balaban J connectivity index is 1.40. The number of carbonyl (C=O) groups is 2. The molecule has 1 saturated heterocycles. The van der Waals surface area contributed by atoms with E-state index in [-0.39, 0.29) is 25.2 Å². The van der Waals surface area contributed by atoms with Gasteiger partial charge in [-0.25, -0.2) is 4.79 Å². The lowest BCUT2D eigenvalue weighted by molar-refractivity contribution is -0.157. The molecule has 0 spiro atoms. The Kier molecular flexibility index (Phi) is 4.97. The van der Waals surface area contributed by atoms with E-state index in [2.05, 4.69) is 5.32 Å². The van der Waals surface area contributed by atoms with Gasteiger partial charge in [-0.05, 0) is 25.0 Å². The highest BCUT2D eigenvalue weighted by Gasteiger charge is 2.29. The molecule has 0 saturated carbocycles. The normalized spacial score (nSPS) is 22.4. The number of ether oxygens (including phenoxy) is 4. The molecule has 0 bridgehead atoms. The van der Waals surface area contributed by atoms with Crippen molar-refractivity contribution in [3.8, 4) is 11.5 Å². The molecule has 2 atom stereocenters. The lowest BCUT2D eigenvalue weighted by Gasteiger charge is -2.24. The predicted molar refractivity (Wildman–Crippen MR) is 79.3 cm³/mol. The molecule has 124 valence electrons. The third-order valence-corrected chi connectivity index (χ3v) is 3.67. The fraction of sp³-hybridized carbons (Fsp3) is 0.500. The molecule has 3 rings (SSSR count). The maximum atomic E-state index is 11.9. The Morgan fingerprint density at radius 3 is 2.87 bits per heavy atom. The topological polar surface area (TPSA) is 83.1 Å². The Hall–Kier alpha value is -2.28. The van der Waals surface area contributed by atoms with Crippen molar-refractivity contribution < 1.29 is 28.5 Å². The minimum atomic E-state index is -0.865. The number of esters is 1. The molecule has 0 unspecified atom stereocenters. The van der Waals surface area contributed by atoms with Gasteiger partial charge in [0.15, 0.2) is 18.1 Å². The highest BCUT2D eigenvalue weighted by Crippen LogP contribution is 2.31. The van der Waals surface area contributed by atoms with Crippen molar-refractivity contribution in [3.05, 3.63) is 24.3 Å². The summed E-state index contributed by atoms with van der Waals surface area (Å²) in [6.45, 7) is 0.892. The average molecular weight is 321 g/mol. The fourth-order valence-electron chi connectivity index (χ4n) is 2.45. The van der Waals surface area contributed by atoms with Crippen LogP contribution in [0.15, 0.2) is 24.3 Å². The summed E-state index contributed by atoms with van der Waals surface area (Å²) in [7, 11) is 0. The van der Waals surface area contributed by atoms with Crippen molar-refractivity contribution in [2.45, 2.75) is 25.0 Å². The molecule has 0 aromatic heterocycles. The Morgan fingerprint density at radius 1 is 1.26 bits per heavy atom. The van der Waals surface area contributed by atoms with Crippen molar-refractivity contribution in [1.82, 2.24) is 5.32 Å². The first-order chi connectivity index (χ1) is 11.2.